The molecular weight excluding hydrogens is 378 g/mol. The molecule has 28 heavy (non-hydrogen) atoms. The third-order valence-electron chi connectivity index (χ3n) is 3.41. The lowest BCUT2D eigenvalue weighted by molar-refractivity contribution is -0.126. The van der Waals surface area contributed by atoms with Crippen LogP contribution in [0.5, 0.6) is 11.5 Å². The number of aromatic hydroxyl groups is 1. The summed E-state index contributed by atoms with van der Waals surface area (Å²) in [5.74, 6) is -4.65. The first-order chi connectivity index (χ1) is 13.3. The molecule has 0 aliphatic rings. The summed E-state index contributed by atoms with van der Waals surface area (Å²) < 4.78 is 35.5. The minimum absolute atomic E-state index is 0.0135. The number of esters is 1. The molecule has 0 saturated carbocycles. The Morgan fingerprint density at radius 3 is 2.43 bits per heavy atom. The van der Waals surface area contributed by atoms with Gasteiger partial charge in [0.15, 0.2) is 18.2 Å². The molecule has 148 valence electrons. The summed E-state index contributed by atoms with van der Waals surface area (Å²) in [7, 11) is 1.39. The fourth-order valence-electron chi connectivity index (χ4n) is 2.03. The Hall–Kier alpha value is -3.69. The number of methoxy groups -OCH3 is 1. The highest BCUT2D eigenvalue weighted by atomic mass is 19.2. The number of anilines is 1. The number of phenols is 1. The topological polar surface area (TPSA) is 114 Å². The molecule has 0 aliphatic carbocycles. The van der Waals surface area contributed by atoms with Crippen molar-refractivity contribution in [2.45, 2.75) is 0 Å². The van der Waals surface area contributed by atoms with Crippen molar-refractivity contribution < 1.29 is 37.7 Å². The number of halogens is 2. The number of nitrogens with one attached hydrogen (secondary N) is 2. The van der Waals surface area contributed by atoms with Gasteiger partial charge >= 0.3 is 5.97 Å². The van der Waals surface area contributed by atoms with Gasteiger partial charge in [0.05, 0.1) is 13.7 Å². The molecule has 2 aromatic carbocycles. The molecule has 0 spiro atoms. The lowest BCUT2D eigenvalue weighted by atomic mass is 10.2. The zero-order valence-corrected chi connectivity index (χ0v) is 14.6. The maximum Gasteiger partial charge on any atom is 0.342 e. The van der Waals surface area contributed by atoms with E-state index in [2.05, 4.69) is 10.6 Å². The number of amides is 2. The van der Waals surface area contributed by atoms with Gasteiger partial charge in [0.25, 0.3) is 5.91 Å². The van der Waals surface area contributed by atoms with Crippen molar-refractivity contribution in [3.05, 3.63) is 53.6 Å². The zero-order chi connectivity index (χ0) is 20.7. The second kappa shape index (κ2) is 9.31. The van der Waals surface area contributed by atoms with Crippen LogP contribution in [0.1, 0.15) is 10.4 Å². The van der Waals surface area contributed by atoms with Gasteiger partial charge in [0, 0.05) is 17.8 Å². The van der Waals surface area contributed by atoms with Gasteiger partial charge in [-0.25, -0.2) is 13.6 Å². The van der Waals surface area contributed by atoms with Crippen molar-refractivity contribution in [2.24, 2.45) is 0 Å². The standard InChI is InChI=1S/C18H16F2N2O6/c1-27-11-3-4-12(15(23)7-11)18(26)28-9-17(25)21-8-16(24)22-10-2-5-13(19)14(20)6-10/h2-7,23H,8-9H2,1H3,(H,21,25)(H,22,24). The molecule has 0 atom stereocenters. The number of carbonyl (C=O) groups excluding carboxylic acids is 3. The second-order valence-electron chi connectivity index (χ2n) is 5.41. The SMILES string of the molecule is COc1ccc(C(=O)OCC(=O)NCC(=O)Nc2ccc(F)c(F)c2)c(O)c1. The van der Waals surface area contributed by atoms with E-state index in [9.17, 15) is 28.3 Å². The quantitative estimate of drug-likeness (QED) is 0.615. The van der Waals surface area contributed by atoms with Crippen LogP contribution >= 0.6 is 0 Å². The van der Waals surface area contributed by atoms with Gasteiger partial charge < -0.3 is 25.2 Å². The summed E-state index contributed by atoms with van der Waals surface area (Å²) in [6, 6.07) is 6.69. The average molecular weight is 394 g/mol. The van der Waals surface area contributed by atoms with Crippen molar-refractivity contribution in [3.8, 4) is 11.5 Å². The molecule has 0 radical (unpaired) electrons. The Morgan fingerprint density at radius 2 is 1.79 bits per heavy atom. The largest absolute Gasteiger partial charge is 0.507 e. The highest BCUT2D eigenvalue weighted by Gasteiger charge is 2.15. The molecule has 2 amide bonds. The summed E-state index contributed by atoms with van der Waals surface area (Å²) in [6.45, 7) is -1.17. The van der Waals surface area contributed by atoms with Gasteiger partial charge in [-0.1, -0.05) is 0 Å². The van der Waals surface area contributed by atoms with Crippen LogP contribution in [0.4, 0.5) is 14.5 Å². The number of benzene rings is 2. The van der Waals surface area contributed by atoms with E-state index in [0.29, 0.717) is 5.75 Å². The minimum Gasteiger partial charge on any atom is -0.507 e. The molecule has 10 heteroatoms. The van der Waals surface area contributed by atoms with Crippen LogP contribution in [0.15, 0.2) is 36.4 Å². The van der Waals surface area contributed by atoms with Crippen LogP contribution in [0.25, 0.3) is 0 Å². The number of hydrogen-bond acceptors (Lipinski definition) is 6. The Kier molecular flexibility index (Phi) is 6.85. The van der Waals surface area contributed by atoms with E-state index < -0.39 is 42.6 Å². The highest BCUT2D eigenvalue weighted by Crippen LogP contribution is 2.23. The molecular formula is C18H16F2N2O6. The van der Waals surface area contributed by atoms with E-state index in [1.807, 2.05) is 0 Å². The molecule has 0 bridgehead atoms. The normalized spacial score (nSPS) is 10.1. The van der Waals surface area contributed by atoms with E-state index in [4.69, 9.17) is 9.47 Å². The summed E-state index contributed by atoms with van der Waals surface area (Å²) in [5, 5.41) is 14.2. The first-order valence-electron chi connectivity index (χ1n) is 7.86. The molecule has 0 heterocycles. The van der Waals surface area contributed by atoms with Crippen LogP contribution in [0.2, 0.25) is 0 Å². The molecule has 0 aliphatic heterocycles. The molecule has 0 saturated heterocycles. The monoisotopic (exact) mass is 394 g/mol. The van der Waals surface area contributed by atoms with E-state index in [0.717, 1.165) is 18.2 Å². The first kappa shape index (κ1) is 20.6. The van der Waals surface area contributed by atoms with Crippen LogP contribution in [-0.2, 0) is 14.3 Å². The summed E-state index contributed by atoms with van der Waals surface area (Å²) in [5.41, 5.74) is -0.149. The van der Waals surface area contributed by atoms with Crippen LogP contribution in [0, 0.1) is 11.6 Å². The number of ether oxygens (including phenoxy) is 2. The first-order valence-corrected chi connectivity index (χ1v) is 7.86. The van der Waals surface area contributed by atoms with Crippen molar-refractivity contribution in [2.75, 3.05) is 25.6 Å². The molecule has 3 N–H and O–H groups in total. The van der Waals surface area contributed by atoms with Gasteiger partial charge in [0.1, 0.15) is 17.1 Å². The van der Waals surface area contributed by atoms with Crippen molar-refractivity contribution >= 4 is 23.5 Å². The Labute approximate surface area is 158 Å². The Bertz CT molecular complexity index is 904. The van der Waals surface area contributed by atoms with Crippen LogP contribution in [0.3, 0.4) is 0 Å². The van der Waals surface area contributed by atoms with E-state index >= 15 is 0 Å². The van der Waals surface area contributed by atoms with E-state index in [1.165, 1.54) is 25.3 Å². The van der Waals surface area contributed by atoms with E-state index in [-0.39, 0.29) is 17.0 Å². The molecule has 8 nitrogen and oxygen atoms in total. The third-order valence-corrected chi connectivity index (χ3v) is 3.41. The number of rotatable bonds is 7. The minimum atomic E-state index is -1.13. The summed E-state index contributed by atoms with van der Waals surface area (Å²) >= 11 is 0. The van der Waals surface area contributed by atoms with Crippen LogP contribution in [-0.4, -0.2) is 43.2 Å². The maximum atomic E-state index is 13.1. The number of carbonyl (C=O) groups is 3. The smallest absolute Gasteiger partial charge is 0.342 e. The van der Waals surface area contributed by atoms with E-state index in [1.54, 1.807) is 0 Å². The molecule has 0 aromatic heterocycles. The maximum absolute atomic E-state index is 13.1. The Balaban J connectivity index is 1.78. The summed E-state index contributed by atoms with van der Waals surface area (Å²) in [4.78, 5) is 35.2. The molecule has 0 fully saturated rings. The van der Waals surface area contributed by atoms with Crippen molar-refractivity contribution in [1.29, 1.82) is 0 Å². The predicted molar refractivity (Wildman–Crippen MR) is 92.9 cm³/mol. The fraction of sp³-hybridized carbons (Fsp3) is 0.167. The van der Waals surface area contributed by atoms with Crippen molar-refractivity contribution in [3.63, 3.8) is 0 Å². The fourth-order valence-corrected chi connectivity index (χ4v) is 2.03. The van der Waals surface area contributed by atoms with Gasteiger partial charge in [-0.05, 0) is 24.3 Å². The Morgan fingerprint density at radius 1 is 1.04 bits per heavy atom. The van der Waals surface area contributed by atoms with Gasteiger partial charge in [-0.3, -0.25) is 9.59 Å². The second-order valence-corrected chi connectivity index (χ2v) is 5.41. The zero-order valence-electron chi connectivity index (χ0n) is 14.6. The predicted octanol–water partition coefficient (Wildman–Crippen LogP) is 1.59. The lowest BCUT2D eigenvalue weighted by Crippen LogP contribution is -2.35. The molecule has 2 aromatic rings. The lowest BCUT2D eigenvalue weighted by Gasteiger charge is -2.09. The van der Waals surface area contributed by atoms with Gasteiger partial charge in [-0.2, -0.15) is 0 Å². The van der Waals surface area contributed by atoms with Crippen molar-refractivity contribution in [1.82, 2.24) is 5.32 Å². The summed E-state index contributed by atoms with van der Waals surface area (Å²) in [6.07, 6.45) is 0. The van der Waals surface area contributed by atoms with Crippen LogP contribution < -0.4 is 15.4 Å². The molecule has 0 unspecified atom stereocenters. The molecule has 2 rings (SSSR count). The number of hydrogen-bond donors (Lipinski definition) is 3. The van der Waals surface area contributed by atoms with Gasteiger partial charge in [-0.15, -0.1) is 0 Å². The third kappa shape index (κ3) is 5.66. The number of phenolic OH excluding ortho intramolecular Hbond substituents is 1. The van der Waals surface area contributed by atoms with Gasteiger partial charge in [0.2, 0.25) is 5.91 Å². The average Bonchev–Trinajstić information content (AvgIpc) is 2.67. The highest BCUT2D eigenvalue weighted by molar-refractivity contribution is 5.96.